The molecule has 0 bridgehead atoms. The molecule has 0 heterocycles. The normalized spacial score (nSPS) is 17.2. The summed E-state index contributed by atoms with van der Waals surface area (Å²) in [5, 5.41) is 0. The molecule has 0 fully saturated rings. The largest absolute Gasteiger partial charge is 0.327 e. The van der Waals surface area contributed by atoms with Crippen LogP contribution in [-0.2, 0) is 6.42 Å². The van der Waals surface area contributed by atoms with Crippen LogP contribution in [0.2, 0.25) is 0 Å². The molecule has 2 rings (SSSR count). The van der Waals surface area contributed by atoms with Gasteiger partial charge in [0.15, 0.2) is 0 Å². The van der Waals surface area contributed by atoms with Crippen LogP contribution in [-0.4, -0.2) is 6.04 Å². The maximum Gasteiger partial charge on any atom is 0.143 e. The van der Waals surface area contributed by atoms with Gasteiger partial charge in [0, 0.05) is 11.6 Å². The first kappa shape index (κ1) is 14.7. The number of halogens is 3. The minimum Gasteiger partial charge on any atom is -0.327 e. The zero-order valence-corrected chi connectivity index (χ0v) is 12.3. The summed E-state index contributed by atoms with van der Waals surface area (Å²) >= 11 is 3.07. The van der Waals surface area contributed by atoms with Crippen LogP contribution >= 0.6 is 15.9 Å². The van der Waals surface area contributed by atoms with Gasteiger partial charge < -0.3 is 5.73 Å². The van der Waals surface area contributed by atoms with Crippen molar-refractivity contribution < 1.29 is 8.78 Å². The van der Waals surface area contributed by atoms with Crippen LogP contribution in [0.4, 0.5) is 8.78 Å². The number of hydrogen-bond acceptors (Lipinski definition) is 1. The summed E-state index contributed by atoms with van der Waals surface area (Å²) in [6, 6.07) is 2.42. The monoisotopic (exact) mass is 329 g/mol. The molecule has 0 aliphatic heterocycles. The predicted octanol–water partition coefficient (Wildman–Crippen LogP) is 4.49. The summed E-state index contributed by atoms with van der Waals surface area (Å²) < 4.78 is 27.8. The maximum absolute atomic E-state index is 13.8. The van der Waals surface area contributed by atoms with E-state index in [1.165, 1.54) is 30.5 Å². The summed E-state index contributed by atoms with van der Waals surface area (Å²) in [5.74, 6) is -1.05. The Kier molecular flexibility index (Phi) is 5.11. The predicted molar refractivity (Wildman–Crippen MR) is 76.9 cm³/mol. The number of hydrogen-bond donors (Lipinski definition) is 1. The molecule has 0 aromatic heterocycles. The molecule has 0 amide bonds. The van der Waals surface area contributed by atoms with Gasteiger partial charge in [0.25, 0.3) is 0 Å². The number of rotatable bonds is 4. The Balaban J connectivity index is 2.04. The van der Waals surface area contributed by atoms with Crippen molar-refractivity contribution in [1.82, 2.24) is 0 Å². The van der Waals surface area contributed by atoms with E-state index in [2.05, 4.69) is 22.0 Å². The second-order valence-corrected chi connectivity index (χ2v) is 5.95. The summed E-state index contributed by atoms with van der Waals surface area (Å²) in [4.78, 5) is 0. The van der Waals surface area contributed by atoms with Gasteiger partial charge in [-0.1, -0.05) is 11.6 Å². The molecule has 1 nitrogen and oxygen atoms in total. The fraction of sp³-hybridized carbons (Fsp3) is 0.467. The quantitative estimate of drug-likeness (QED) is 0.639. The molecule has 1 aliphatic rings. The molecule has 19 heavy (non-hydrogen) atoms. The van der Waals surface area contributed by atoms with Crippen LogP contribution in [0.1, 0.15) is 37.7 Å². The van der Waals surface area contributed by atoms with Crippen LogP contribution in [0, 0.1) is 11.6 Å². The smallest absolute Gasteiger partial charge is 0.143 e. The van der Waals surface area contributed by atoms with E-state index in [1.54, 1.807) is 0 Å². The lowest BCUT2D eigenvalue weighted by molar-refractivity contribution is 0.524. The van der Waals surface area contributed by atoms with Gasteiger partial charge in [-0.25, -0.2) is 8.78 Å². The van der Waals surface area contributed by atoms with Crippen molar-refractivity contribution >= 4 is 15.9 Å². The average molecular weight is 330 g/mol. The van der Waals surface area contributed by atoms with Gasteiger partial charge in [-0.05, 0) is 66.6 Å². The number of allylic oxidation sites excluding steroid dienone is 1. The molecular formula is C15H18BrF2N. The second kappa shape index (κ2) is 6.62. The maximum atomic E-state index is 13.8. The van der Waals surface area contributed by atoms with Gasteiger partial charge in [-0.3, -0.25) is 0 Å². The molecule has 0 radical (unpaired) electrons. The lowest BCUT2D eigenvalue weighted by atomic mass is 9.92. The van der Waals surface area contributed by atoms with E-state index in [-0.39, 0.29) is 22.5 Å². The van der Waals surface area contributed by atoms with Crippen LogP contribution < -0.4 is 5.73 Å². The third-order valence-electron chi connectivity index (χ3n) is 3.51. The number of benzene rings is 1. The van der Waals surface area contributed by atoms with E-state index in [9.17, 15) is 8.78 Å². The van der Waals surface area contributed by atoms with Crippen LogP contribution in [0.25, 0.3) is 0 Å². The first-order valence-electron chi connectivity index (χ1n) is 6.64. The van der Waals surface area contributed by atoms with Crippen LogP contribution in [0.5, 0.6) is 0 Å². The summed E-state index contributed by atoms with van der Waals surface area (Å²) in [6.07, 6.45) is 7.77. The molecule has 1 aliphatic carbocycles. The second-order valence-electron chi connectivity index (χ2n) is 5.10. The highest BCUT2D eigenvalue weighted by atomic mass is 79.9. The summed E-state index contributed by atoms with van der Waals surface area (Å²) in [5.41, 5.74) is 7.44. The third-order valence-corrected chi connectivity index (χ3v) is 4.13. The summed E-state index contributed by atoms with van der Waals surface area (Å²) in [6.45, 7) is 0. The van der Waals surface area contributed by atoms with E-state index in [0.29, 0.717) is 0 Å². The molecule has 0 saturated carbocycles. The lowest BCUT2D eigenvalue weighted by Crippen LogP contribution is -2.25. The summed E-state index contributed by atoms with van der Waals surface area (Å²) in [7, 11) is 0. The minimum absolute atomic E-state index is 0.0817. The van der Waals surface area contributed by atoms with E-state index >= 15 is 0 Å². The van der Waals surface area contributed by atoms with Gasteiger partial charge in [0.05, 0.1) is 4.47 Å². The average Bonchev–Trinajstić information content (AvgIpc) is 2.40. The van der Waals surface area contributed by atoms with Gasteiger partial charge >= 0.3 is 0 Å². The molecule has 2 N–H and O–H groups in total. The number of nitrogens with two attached hydrogens (primary N) is 1. The fourth-order valence-corrected chi connectivity index (χ4v) is 2.89. The molecular weight excluding hydrogens is 312 g/mol. The Morgan fingerprint density at radius 2 is 2.00 bits per heavy atom. The molecule has 1 atom stereocenters. The van der Waals surface area contributed by atoms with Crippen molar-refractivity contribution in [2.24, 2.45) is 5.73 Å². The van der Waals surface area contributed by atoms with Gasteiger partial charge in [0.1, 0.15) is 11.6 Å². The van der Waals surface area contributed by atoms with Gasteiger partial charge in [0.2, 0.25) is 0 Å². The Labute approximate surface area is 121 Å². The molecule has 1 unspecified atom stereocenters. The van der Waals surface area contributed by atoms with Crippen molar-refractivity contribution in [2.45, 2.75) is 44.6 Å². The molecule has 104 valence electrons. The zero-order valence-electron chi connectivity index (χ0n) is 10.8. The molecule has 0 saturated heterocycles. The van der Waals surface area contributed by atoms with Gasteiger partial charge in [-0.2, -0.15) is 0 Å². The zero-order chi connectivity index (χ0) is 13.8. The first-order chi connectivity index (χ1) is 9.08. The van der Waals surface area contributed by atoms with E-state index in [0.717, 1.165) is 19.3 Å². The van der Waals surface area contributed by atoms with Crippen LogP contribution in [0.3, 0.4) is 0 Å². The lowest BCUT2D eigenvalue weighted by Gasteiger charge is -2.18. The minimum atomic E-state index is -0.534. The van der Waals surface area contributed by atoms with Crippen molar-refractivity contribution in [3.8, 4) is 0 Å². The van der Waals surface area contributed by atoms with Crippen LogP contribution in [0.15, 0.2) is 28.3 Å². The molecule has 1 aromatic carbocycles. The van der Waals surface area contributed by atoms with Crippen molar-refractivity contribution in [2.75, 3.05) is 0 Å². The molecule has 0 spiro atoms. The third kappa shape index (κ3) is 3.86. The molecule has 1 aromatic rings. The Bertz CT molecular complexity index is 485. The molecule has 4 heteroatoms. The first-order valence-corrected chi connectivity index (χ1v) is 7.43. The Morgan fingerprint density at radius 1 is 1.21 bits per heavy atom. The van der Waals surface area contributed by atoms with Gasteiger partial charge in [-0.15, -0.1) is 0 Å². The highest BCUT2D eigenvalue weighted by molar-refractivity contribution is 9.10. The SMILES string of the molecule is NC(CC1=CCCCC1)Cc1c(F)ccc(Br)c1F. The van der Waals surface area contributed by atoms with E-state index in [4.69, 9.17) is 5.73 Å². The topological polar surface area (TPSA) is 26.0 Å². The highest BCUT2D eigenvalue weighted by Gasteiger charge is 2.17. The van der Waals surface area contributed by atoms with Crippen molar-refractivity contribution in [1.29, 1.82) is 0 Å². The van der Waals surface area contributed by atoms with Crippen molar-refractivity contribution in [3.05, 3.63) is 45.5 Å². The highest BCUT2D eigenvalue weighted by Crippen LogP contribution is 2.25. The van der Waals surface area contributed by atoms with E-state index < -0.39 is 11.6 Å². The Hall–Kier alpha value is -0.740. The Morgan fingerprint density at radius 3 is 2.68 bits per heavy atom. The van der Waals surface area contributed by atoms with Crippen molar-refractivity contribution in [3.63, 3.8) is 0 Å². The van der Waals surface area contributed by atoms with E-state index in [1.807, 2.05) is 0 Å². The standard InChI is InChI=1S/C15H18BrF2N/c16-13-6-7-14(17)12(15(13)18)9-11(19)8-10-4-2-1-3-5-10/h4,6-7,11H,1-3,5,8-9,19H2. The fourth-order valence-electron chi connectivity index (χ4n) is 2.52.